The molecule has 32 heavy (non-hydrogen) atoms. The van der Waals surface area contributed by atoms with E-state index in [-0.39, 0.29) is 12.1 Å². The molecule has 1 atom stereocenters. The van der Waals surface area contributed by atoms with Crippen LogP contribution in [0.1, 0.15) is 42.9 Å². The van der Waals surface area contributed by atoms with Crippen molar-refractivity contribution in [2.24, 2.45) is 7.05 Å². The molecule has 2 saturated heterocycles. The van der Waals surface area contributed by atoms with Gasteiger partial charge in [-0.05, 0) is 56.2 Å². The van der Waals surface area contributed by atoms with Crippen molar-refractivity contribution in [1.29, 1.82) is 0 Å². The Kier molecular flexibility index (Phi) is 5.78. The topological polar surface area (TPSA) is 79.2 Å². The van der Waals surface area contributed by atoms with Crippen molar-refractivity contribution in [3.05, 3.63) is 47.9 Å². The third-order valence-corrected chi connectivity index (χ3v) is 6.85. The Morgan fingerprint density at radius 3 is 2.75 bits per heavy atom. The van der Waals surface area contributed by atoms with Gasteiger partial charge < -0.3 is 10.2 Å². The molecule has 8 nitrogen and oxygen atoms in total. The molecule has 0 unspecified atom stereocenters. The molecule has 0 bridgehead atoms. The number of piperidine rings is 2. The van der Waals surface area contributed by atoms with Gasteiger partial charge in [0.1, 0.15) is 5.82 Å². The van der Waals surface area contributed by atoms with Crippen LogP contribution < -0.4 is 10.2 Å². The number of urea groups is 1. The number of amides is 2. The highest BCUT2D eigenvalue weighted by molar-refractivity contribution is 6.03. The van der Waals surface area contributed by atoms with Crippen molar-refractivity contribution >= 4 is 22.6 Å². The van der Waals surface area contributed by atoms with Gasteiger partial charge >= 0.3 is 6.03 Å². The van der Waals surface area contributed by atoms with E-state index in [1.165, 1.54) is 0 Å². The summed E-state index contributed by atoms with van der Waals surface area (Å²) in [6.45, 7) is 5.35. The molecule has 0 saturated carbocycles. The van der Waals surface area contributed by atoms with Crippen molar-refractivity contribution < 1.29 is 4.79 Å². The number of carbonyl (C=O) groups excluding carboxylic acids is 1. The summed E-state index contributed by atoms with van der Waals surface area (Å²) in [6, 6.07) is 8.46. The smallest absolute Gasteiger partial charge is 0.324 e. The van der Waals surface area contributed by atoms with E-state index in [2.05, 4.69) is 40.8 Å². The van der Waals surface area contributed by atoms with Crippen LogP contribution in [0.5, 0.6) is 0 Å². The van der Waals surface area contributed by atoms with E-state index in [4.69, 9.17) is 4.98 Å². The first kappa shape index (κ1) is 20.9. The van der Waals surface area contributed by atoms with Crippen molar-refractivity contribution in [3.8, 4) is 0 Å². The minimum atomic E-state index is 0.0690. The Morgan fingerprint density at radius 2 is 2.03 bits per heavy atom. The molecular weight excluding hydrogens is 402 g/mol. The number of benzene rings is 1. The van der Waals surface area contributed by atoms with Crippen molar-refractivity contribution in [2.45, 2.75) is 44.6 Å². The number of fused-ring (bicyclic) bond motifs is 1. The molecule has 168 valence electrons. The lowest BCUT2D eigenvalue weighted by molar-refractivity contribution is 0.183. The summed E-state index contributed by atoms with van der Waals surface area (Å²) in [5.41, 5.74) is 2.17. The van der Waals surface area contributed by atoms with Gasteiger partial charge in [0.05, 0.1) is 11.7 Å². The maximum atomic E-state index is 14.0. The summed E-state index contributed by atoms with van der Waals surface area (Å²) in [5.74, 6) is 1.14. The van der Waals surface area contributed by atoms with Crippen LogP contribution in [-0.4, -0.2) is 63.1 Å². The number of nitrogens with zero attached hydrogens (tertiary/aromatic N) is 6. The molecule has 5 rings (SSSR count). The Hall–Kier alpha value is -3.00. The van der Waals surface area contributed by atoms with Crippen LogP contribution in [0.3, 0.4) is 0 Å². The fourth-order valence-corrected chi connectivity index (χ4v) is 5.11. The van der Waals surface area contributed by atoms with E-state index in [0.29, 0.717) is 5.92 Å². The second kappa shape index (κ2) is 8.86. The molecule has 2 fully saturated rings. The first-order valence-electron chi connectivity index (χ1n) is 11.6. The largest absolute Gasteiger partial charge is 0.325 e. The second-order valence-corrected chi connectivity index (χ2v) is 9.04. The highest BCUT2D eigenvalue weighted by Crippen LogP contribution is 2.33. The van der Waals surface area contributed by atoms with Gasteiger partial charge in [0.15, 0.2) is 0 Å². The molecule has 2 amide bonds. The Balaban J connectivity index is 1.44. The minimum Gasteiger partial charge on any atom is -0.324 e. The molecule has 2 aromatic heterocycles. The van der Waals surface area contributed by atoms with E-state index in [0.717, 1.165) is 79.7 Å². The summed E-state index contributed by atoms with van der Waals surface area (Å²) in [4.78, 5) is 22.7. The lowest BCUT2D eigenvalue weighted by Crippen LogP contribution is -2.55. The zero-order chi connectivity index (χ0) is 22.1. The third-order valence-electron chi connectivity index (χ3n) is 6.85. The van der Waals surface area contributed by atoms with Gasteiger partial charge in [-0.1, -0.05) is 23.4 Å². The summed E-state index contributed by atoms with van der Waals surface area (Å²) < 4.78 is 1.75. The summed E-state index contributed by atoms with van der Waals surface area (Å²) in [7, 11) is 1.89. The Morgan fingerprint density at radius 1 is 1.19 bits per heavy atom. The van der Waals surface area contributed by atoms with Crippen LogP contribution in [0.2, 0.25) is 0 Å². The molecule has 1 aromatic carbocycles. The van der Waals surface area contributed by atoms with Crippen LogP contribution in [-0.2, 0) is 7.05 Å². The number of carbonyl (C=O) groups is 1. The molecule has 0 spiro atoms. The highest BCUT2D eigenvalue weighted by Gasteiger charge is 2.34. The van der Waals surface area contributed by atoms with Gasteiger partial charge in [0, 0.05) is 50.4 Å². The van der Waals surface area contributed by atoms with Gasteiger partial charge in [-0.25, -0.2) is 9.78 Å². The number of hydrogen-bond donors (Lipinski definition) is 1. The van der Waals surface area contributed by atoms with Crippen LogP contribution >= 0.6 is 0 Å². The molecule has 1 N–H and O–H groups in total. The van der Waals surface area contributed by atoms with Crippen molar-refractivity contribution in [2.75, 3.05) is 31.1 Å². The number of aryl methyl sites for hydroxylation is 2. The number of pyridine rings is 1. The number of rotatable bonds is 3. The van der Waals surface area contributed by atoms with Crippen LogP contribution in [0.25, 0.3) is 10.8 Å². The average molecular weight is 434 g/mol. The first-order chi connectivity index (χ1) is 15.6. The summed E-state index contributed by atoms with van der Waals surface area (Å²) in [6.07, 6.45) is 7.68. The van der Waals surface area contributed by atoms with E-state index in [1.807, 2.05) is 35.3 Å². The molecule has 4 heterocycles. The van der Waals surface area contributed by atoms with Gasteiger partial charge in [-0.3, -0.25) is 9.58 Å². The predicted octanol–water partition coefficient (Wildman–Crippen LogP) is 3.23. The van der Waals surface area contributed by atoms with Gasteiger partial charge in [0.2, 0.25) is 0 Å². The van der Waals surface area contributed by atoms with Crippen molar-refractivity contribution in [1.82, 2.24) is 30.2 Å². The molecule has 3 aromatic rings. The number of hydrogen-bond acceptors (Lipinski definition) is 5. The zero-order valence-electron chi connectivity index (χ0n) is 18.9. The number of anilines is 1. The molecule has 0 radical (unpaired) electrons. The maximum Gasteiger partial charge on any atom is 0.325 e. The van der Waals surface area contributed by atoms with E-state index in [1.54, 1.807) is 4.68 Å². The lowest BCUT2D eigenvalue weighted by Gasteiger charge is -2.40. The number of aromatic nitrogens is 4. The SMILES string of the molecule is Cc1cccc2ccnc(N(C(=O)N3CCC(c4cn(C)nn4)CC3)[C@@H]3CCCNC3)c12. The molecule has 8 heteroatoms. The third kappa shape index (κ3) is 3.95. The number of nitrogens with one attached hydrogen (secondary N) is 1. The fourth-order valence-electron chi connectivity index (χ4n) is 5.11. The minimum absolute atomic E-state index is 0.0690. The van der Waals surface area contributed by atoms with Crippen LogP contribution in [0.4, 0.5) is 10.6 Å². The van der Waals surface area contributed by atoms with Crippen molar-refractivity contribution in [3.63, 3.8) is 0 Å². The molecular formula is C24H31N7O. The van der Waals surface area contributed by atoms with Gasteiger partial charge in [-0.2, -0.15) is 0 Å². The Bertz CT molecular complexity index is 1090. The number of likely N-dealkylation sites (tertiary alicyclic amines) is 1. The molecule has 0 aliphatic carbocycles. The van der Waals surface area contributed by atoms with Gasteiger partial charge in [0.25, 0.3) is 0 Å². The van der Waals surface area contributed by atoms with Crippen LogP contribution in [0.15, 0.2) is 36.7 Å². The predicted molar refractivity (Wildman–Crippen MR) is 125 cm³/mol. The monoisotopic (exact) mass is 433 g/mol. The quantitative estimate of drug-likeness (QED) is 0.686. The summed E-state index contributed by atoms with van der Waals surface area (Å²) >= 11 is 0. The highest BCUT2D eigenvalue weighted by atomic mass is 16.2. The second-order valence-electron chi connectivity index (χ2n) is 9.04. The lowest BCUT2D eigenvalue weighted by atomic mass is 9.94. The zero-order valence-corrected chi connectivity index (χ0v) is 18.9. The molecule has 2 aliphatic rings. The normalized spacial score (nSPS) is 19.9. The average Bonchev–Trinajstić information content (AvgIpc) is 3.26. The van der Waals surface area contributed by atoms with E-state index < -0.39 is 0 Å². The fraction of sp³-hybridized carbons (Fsp3) is 0.500. The summed E-state index contributed by atoms with van der Waals surface area (Å²) in [5, 5.41) is 14.0. The standard InChI is InChI=1S/C24H31N7O/c1-17-5-3-6-19-8-12-26-23(22(17)19)31(20-7-4-11-25-15-20)24(32)30-13-9-18(10-14-30)21-16-29(2)28-27-21/h3,5-6,8,12,16,18,20,25H,4,7,9-11,13-15H2,1-2H3/t20-/m1/s1. The Labute approximate surface area is 188 Å². The van der Waals surface area contributed by atoms with Gasteiger partial charge in [-0.15, -0.1) is 5.10 Å². The first-order valence-corrected chi connectivity index (χ1v) is 11.6. The van der Waals surface area contributed by atoms with E-state index >= 15 is 0 Å². The molecule has 2 aliphatic heterocycles. The maximum absolute atomic E-state index is 14.0. The van der Waals surface area contributed by atoms with E-state index in [9.17, 15) is 4.79 Å². The van der Waals surface area contributed by atoms with Crippen LogP contribution in [0, 0.1) is 6.92 Å².